The largest absolute Gasteiger partial charge is 0.388 e. The molecule has 1 aliphatic carbocycles. The second kappa shape index (κ2) is 10.2. The SMILES string of the molecule is CNc1cc(CC(=O)c2cc(NC(=O)C3C(c4cc(Cl)cc(Cl)c4)C3(Cl)Cl)ccc2Cl)ccc1C. The van der Waals surface area contributed by atoms with Crippen molar-refractivity contribution in [2.45, 2.75) is 23.6 Å². The van der Waals surface area contributed by atoms with Crippen molar-refractivity contribution in [3.05, 3.63) is 91.9 Å². The number of rotatable bonds is 7. The second-order valence-electron chi connectivity index (χ2n) is 8.52. The van der Waals surface area contributed by atoms with Gasteiger partial charge in [-0.05, 0) is 66.1 Å². The maximum atomic E-state index is 13.0. The average molecular weight is 571 g/mol. The van der Waals surface area contributed by atoms with Crippen molar-refractivity contribution in [1.82, 2.24) is 0 Å². The number of carbonyl (C=O) groups is 2. The van der Waals surface area contributed by atoms with Crippen LogP contribution in [0, 0.1) is 12.8 Å². The van der Waals surface area contributed by atoms with Gasteiger partial charge in [-0.3, -0.25) is 9.59 Å². The Morgan fingerprint density at radius 2 is 1.63 bits per heavy atom. The third-order valence-electron chi connectivity index (χ3n) is 6.05. The summed E-state index contributed by atoms with van der Waals surface area (Å²) in [4.78, 5) is 26.1. The molecule has 2 atom stereocenters. The Labute approximate surface area is 228 Å². The number of benzene rings is 3. The first-order chi connectivity index (χ1) is 16.5. The quantitative estimate of drug-likeness (QED) is 0.224. The van der Waals surface area contributed by atoms with E-state index in [-0.39, 0.29) is 18.1 Å². The number of Topliss-reactive ketones (excluding diaryl/α,β-unsaturated/α-hetero) is 1. The van der Waals surface area contributed by atoms with Crippen molar-refractivity contribution in [1.29, 1.82) is 0 Å². The molecule has 3 aromatic carbocycles. The van der Waals surface area contributed by atoms with Crippen LogP contribution in [0.4, 0.5) is 11.4 Å². The van der Waals surface area contributed by atoms with Crippen LogP contribution in [0.5, 0.6) is 0 Å². The van der Waals surface area contributed by atoms with Crippen LogP contribution in [-0.2, 0) is 11.2 Å². The topological polar surface area (TPSA) is 58.2 Å². The highest BCUT2D eigenvalue weighted by atomic mass is 35.5. The molecule has 4 rings (SSSR count). The second-order valence-corrected chi connectivity index (χ2v) is 11.2. The maximum absolute atomic E-state index is 13.0. The van der Waals surface area contributed by atoms with Crippen molar-refractivity contribution in [2.24, 2.45) is 5.92 Å². The van der Waals surface area contributed by atoms with E-state index in [0.29, 0.717) is 31.9 Å². The molecule has 2 unspecified atom stereocenters. The zero-order chi connectivity index (χ0) is 25.5. The summed E-state index contributed by atoms with van der Waals surface area (Å²) >= 11 is 31.4. The van der Waals surface area contributed by atoms with Crippen LogP contribution >= 0.6 is 58.0 Å². The Hall–Kier alpha value is -1.95. The lowest BCUT2D eigenvalue weighted by molar-refractivity contribution is -0.117. The first-order valence-corrected chi connectivity index (χ1v) is 12.6. The fraction of sp³-hybridized carbons (Fsp3) is 0.231. The summed E-state index contributed by atoms with van der Waals surface area (Å²) in [5.74, 6) is -1.74. The summed E-state index contributed by atoms with van der Waals surface area (Å²) in [5, 5.41) is 7.08. The minimum atomic E-state index is -1.31. The zero-order valence-corrected chi connectivity index (χ0v) is 22.5. The van der Waals surface area contributed by atoms with Crippen LogP contribution in [0.3, 0.4) is 0 Å². The van der Waals surface area contributed by atoms with Crippen molar-refractivity contribution in [3.63, 3.8) is 0 Å². The average Bonchev–Trinajstić information content (AvgIpc) is 3.37. The van der Waals surface area contributed by atoms with E-state index in [1.165, 1.54) is 0 Å². The van der Waals surface area contributed by atoms with Crippen LogP contribution in [0.15, 0.2) is 54.6 Å². The van der Waals surface area contributed by atoms with Gasteiger partial charge in [-0.15, -0.1) is 23.2 Å². The summed E-state index contributed by atoms with van der Waals surface area (Å²) in [5.41, 5.74) is 4.30. The van der Waals surface area contributed by atoms with Crippen molar-refractivity contribution < 1.29 is 9.59 Å². The number of halogens is 5. The molecule has 0 aliphatic heterocycles. The van der Waals surface area contributed by atoms with E-state index in [2.05, 4.69) is 10.6 Å². The standard InChI is InChI=1S/C26H21Cl5N2O2/c1-13-3-4-14(7-21(13)32-2)8-22(34)19-12-18(5-6-20(19)29)33-25(35)24-23(26(24,30)31)15-9-16(27)11-17(28)10-15/h3-7,9-12,23-24,32H,8H2,1-2H3,(H,33,35). The van der Waals surface area contributed by atoms with Gasteiger partial charge in [0.05, 0.1) is 10.9 Å². The van der Waals surface area contributed by atoms with E-state index in [1.54, 1.807) is 36.4 Å². The Morgan fingerprint density at radius 1 is 0.943 bits per heavy atom. The Morgan fingerprint density at radius 3 is 2.29 bits per heavy atom. The molecule has 1 amide bonds. The number of aryl methyl sites for hydroxylation is 1. The zero-order valence-electron chi connectivity index (χ0n) is 18.8. The van der Waals surface area contributed by atoms with Gasteiger partial charge in [-0.25, -0.2) is 0 Å². The molecule has 0 saturated heterocycles. The number of nitrogens with one attached hydrogen (secondary N) is 2. The van der Waals surface area contributed by atoms with E-state index in [1.807, 2.05) is 32.2 Å². The van der Waals surface area contributed by atoms with Crippen LogP contribution in [-0.4, -0.2) is 23.1 Å². The molecule has 35 heavy (non-hydrogen) atoms. The van der Waals surface area contributed by atoms with E-state index < -0.39 is 16.2 Å². The van der Waals surface area contributed by atoms with Crippen molar-refractivity contribution in [3.8, 4) is 0 Å². The lowest BCUT2D eigenvalue weighted by atomic mass is 10.0. The van der Waals surface area contributed by atoms with Gasteiger partial charge >= 0.3 is 0 Å². The molecule has 0 radical (unpaired) electrons. The number of amides is 1. The molecule has 3 aromatic rings. The molecule has 1 aliphatic rings. The predicted molar refractivity (Wildman–Crippen MR) is 146 cm³/mol. The third kappa shape index (κ3) is 5.58. The monoisotopic (exact) mass is 568 g/mol. The third-order valence-corrected chi connectivity index (χ3v) is 7.76. The first-order valence-electron chi connectivity index (χ1n) is 10.8. The van der Waals surface area contributed by atoms with Gasteiger partial charge in [0.1, 0.15) is 4.33 Å². The number of ketones is 1. The molecule has 4 nitrogen and oxygen atoms in total. The normalized spacial score (nSPS) is 18.1. The Kier molecular flexibility index (Phi) is 7.61. The lowest BCUT2D eigenvalue weighted by Crippen LogP contribution is -2.17. The maximum Gasteiger partial charge on any atom is 0.231 e. The molecule has 0 heterocycles. The summed E-state index contributed by atoms with van der Waals surface area (Å²) < 4.78 is -1.31. The highest BCUT2D eigenvalue weighted by molar-refractivity contribution is 6.53. The molecule has 182 valence electrons. The van der Waals surface area contributed by atoms with Gasteiger partial charge in [0, 0.05) is 46.4 Å². The molecule has 2 N–H and O–H groups in total. The molecule has 0 aromatic heterocycles. The van der Waals surface area contributed by atoms with Crippen LogP contribution in [0.1, 0.15) is 33.0 Å². The number of carbonyl (C=O) groups excluding carboxylic acids is 2. The highest BCUT2D eigenvalue weighted by Gasteiger charge is 2.67. The van der Waals surface area contributed by atoms with E-state index in [4.69, 9.17) is 58.0 Å². The highest BCUT2D eigenvalue weighted by Crippen LogP contribution is 2.65. The van der Waals surface area contributed by atoms with Crippen LogP contribution in [0.25, 0.3) is 0 Å². The van der Waals surface area contributed by atoms with E-state index >= 15 is 0 Å². The Balaban J connectivity index is 1.51. The summed E-state index contributed by atoms with van der Waals surface area (Å²) in [6, 6.07) is 15.5. The lowest BCUT2D eigenvalue weighted by Gasteiger charge is -2.11. The van der Waals surface area contributed by atoms with Crippen LogP contribution < -0.4 is 10.6 Å². The minimum absolute atomic E-state index is 0.165. The molecular weight excluding hydrogens is 550 g/mol. The molecule has 1 fully saturated rings. The van der Waals surface area contributed by atoms with Crippen molar-refractivity contribution >= 4 is 81.1 Å². The first kappa shape index (κ1) is 26.1. The predicted octanol–water partition coefficient (Wildman–Crippen LogP) is 7.95. The molecular formula is C26H21Cl5N2O2. The minimum Gasteiger partial charge on any atom is -0.388 e. The fourth-order valence-corrected chi connectivity index (χ4v) is 5.78. The Bertz CT molecular complexity index is 1300. The van der Waals surface area contributed by atoms with Gasteiger partial charge in [0.25, 0.3) is 0 Å². The van der Waals surface area contributed by atoms with Crippen molar-refractivity contribution in [2.75, 3.05) is 17.7 Å². The summed E-state index contributed by atoms with van der Waals surface area (Å²) in [6.45, 7) is 1.99. The fourth-order valence-electron chi connectivity index (χ4n) is 4.19. The number of anilines is 2. The smallest absolute Gasteiger partial charge is 0.231 e. The number of hydrogen-bond acceptors (Lipinski definition) is 3. The van der Waals surface area contributed by atoms with E-state index in [9.17, 15) is 9.59 Å². The molecule has 1 saturated carbocycles. The van der Waals surface area contributed by atoms with Crippen LogP contribution in [0.2, 0.25) is 15.1 Å². The molecule has 0 bridgehead atoms. The number of alkyl halides is 2. The van der Waals surface area contributed by atoms with Gasteiger partial charge in [0.2, 0.25) is 5.91 Å². The summed E-state index contributed by atoms with van der Waals surface area (Å²) in [7, 11) is 1.83. The van der Waals surface area contributed by atoms with Gasteiger partial charge in [-0.1, -0.05) is 46.9 Å². The molecule has 0 spiro atoms. The van der Waals surface area contributed by atoms with Gasteiger partial charge < -0.3 is 10.6 Å². The van der Waals surface area contributed by atoms with Gasteiger partial charge in [0.15, 0.2) is 5.78 Å². The van der Waals surface area contributed by atoms with E-state index in [0.717, 1.165) is 16.8 Å². The van der Waals surface area contributed by atoms with Gasteiger partial charge in [-0.2, -0.15) is 0 Å². The molecule has 9 heteroatoms. The summed E-state index contributed by atoms with van der Waals surface area (Å²) in [6.07, 6.45) is 0.165. The number of hydrogen-bond donors (Lipinski definition) is 2.